The van der Waals surface area contributed by atoms with Crippen LogP contribution in [0.3, 0.4) is 0 Å². The zero-order valence-corrected chi connectivity index (χ0v) is 15.5. The van der Waals surface area contributed by atoms with Crippen molar-refractivity contribution in [2.75, 3.05) is 6.61 Å². The number of ether oxygens (including phenoxy) is 1. The molecule has 1 heterocycles. The fourth-order valence-corrected chi connectivity index (χ4v) is 2.73. The van der Waals surface area contributed by atoms with Gasteiger partial charge in [-0.3, -0.25) is 9.89 Å². The molecule has 3 rings (SSSR count). The number of unbranched alkanes of at least 4 members (excludes halogenated alkanes) is 1. The topological polar surface area (TPSA) is 72.3 Å². The molecular weight excluding hydrogens is 348 g/mol. The molecule has 26 heavy (non-hydrogen) atoms. The maximum atomic E-state index is 12.2. The van der Waals surface area contributed by atoms with E-state index in [1.807, 2.05) is 36.4 Å². The molecule has 0 amide bonds. The van der Waals surface area contributed by atoms with Crippen LogP contribution in [0.1, 0.15) is 31.0 Å². The highest BCUT2D eigenvalue weighted by atomic mass is 32.1. The van der Waals surface area contributed by atoms with Crippen molar-refractivity contribution >= 4 is 29.2 Å². The molecule has 7 heteroatoms. The van der Waals surface area contributed by atoms with Gasteiger partial charge in [0, 0.05) is 5.56 Å². The first-order valence-electron chi connectivity index (χ1n) is 8.49. The summed E-state index contributed by atoms with van der Waals surface area (Å²) in [7, 11) is 0. The van der Waals surface area contributed by atoms with E-state index in [9.17, 15) is 4.79 Å². The number of aromatic nitrogens is 3. The molecule has 6 nitrogen and oxygen atoms in total. The van der Waals surface area contributed by atoms with Gasteiger partial charge in [-0.25, -0.2) is 0 Å². The van der Waals surface area contributed by atoms with Crippen LogP contribution in [-0.4, -0.2) is 27.7 Å². The number of hydrogen-bond acceptors (Lipinski definition) is 5. The van der Waals surface area contributed by atoms with Crippen LogP contribution >= 0.6 is 12.2 Å². The first-order valence-corrected chi connectivity index (χ1v) is 8.90. The Kier molecular flexibility index (Phi) is 5.58. The summed E-state index contributed by atoms with van der Waals surface area (Å²) in [5.41, 5.74) is 0.766. The number of benzene rings is 2. The van der Waals surface area contributed by atoms with Gasteiger partial charge in [0.1, 0.15) is 11.4 Å². The average Bonchev–Trinajstić information content (AvgIpc) is 2.66. The van der Waals surface area contributed by atoms with Crippen LogP contribution in [0.2, 0.25) is 0 Å². The van der Waals surface area contributed by atoms with Gasteiger partial charge in [0.05, 0.1) is 12.8 Å². The fraction of sp³-hybridized carbons (Fsp3) is 0.263. The molecule has 0 bridgehead atoms. The number of rotatable bonds is 6. The quantitative estimate of drug-likeness (QED) is 0.408. The van der Waals surface area contributed by atoms with Crippen molar-refractivity contribution in [3.63, 3.8) is 0 Å². The summed E-state index contributed by atoms with van der Waals surface area (Å²) in [5.74, 6) is 0.731. The van der Waals surface area contributed by atoms with Gasteiger partial charge < -0.3 is 4.74 Å². The van der Waals surface area contributed by atoms with Crippen molar-refractivity contribution in [1.82, 2.24) is 14.9 Å². The van der Waals surface area contributed by atoms with Gasteiger partial charge in [0.25, 0.3) is 5.56 Å². The van der Waals surface area contributed by atoms with Gasteiger partial charge in [0.15, 0.2) is 0 Å². The molecule has 0 aliphatic carbocycles. The van der Waals surface area contributed by atoms with Crippen molar-refractivity contribution in [3.8, 4) is 5.75 Å². The number of H-pyrrole nitrogens is 1. The van der Waals surface area contributed by atoms with Crippen molar-refractivity contribution in [1.29, 1.82) is 0 Å². The summed E-state index contributed by atoms with van der Waals surface area (Å²) >= 11 is 5.13. The first kappa shape index (κ1) is 18.0. The summed E-state index contributed by atoms with van der Waals surface area (Å²) in [4.78, 5) is 12.2. The smallest absolute Gasteiger partial charge is 0.296 e. The van der Waals surface area contributed by atoms with Crippen LogP contribution in [-0.2, 0) is 0 Å². The van der Waals surface area contributed by atoms with Gasteiger partial charge in [-0.05, 0) is 42.4 Å². The van der Waals surface area contributed by atoms with Gasteiger partial charge in [-0.15, -0.1) is 0 Å². The standard InChI is InChI=1S/C19H20N4O2S/c1-3-4-11-25-17-10-9-14-7-5-6-8-15(14)16(17)12-20-23-18(24)13(2)21-22-19(23)26/h5-10,12H,3-4,11H2,1-2H3,(H,22,26)/b20-12+. The number of aryl methyl sites for hydroxylation is 1. The van der Waals surface area contributed by atoms with Gasteiger partial charge >= 0.3 is 0 Å². The molecular formula is C19H20N4O2S. The molecule has 0 spiro atoms. The zero-order valence-electron chi connectivity index (χ0n) is 14.7. The Morgan fingerprint density at radius 1 is 1.31 bits per heavy atom. The summed E-state index contributed by atoms with van der Waals surface area (Å²) in [5, 5.41) is 12.8. The molecule has 0 atom stereocenters. The molecule has 134 valence electrons. The first-order chi connectivity index (χ1) is 12.6. The molecule has 0 fully saturated rings. The lowest BCUT2D eigenvalue weighted by Crippen LogP contribution is -2.22. The number of nitrogens with zero attached hydrogens (tertiary/aromatic N) is 3. The van der Waals surface area contributed by atoms with E-state index in [2.05, 4.69) is 22.2 Å². The largest absolute Gasteiger partial charge is 0.493 e. The number of nitrogens with one attached hydrogen (secondary N) is 1. The lowest BCUT2D eigenvalue weighted by Gasteiger charge is -2.11. The van der Waals surface area contributed by atoms with Crippen LogP contribution < -0.4 is 10.3 Å². The minimum atomic E-state index is -0.348. The zero-order chi connectivity index (χ0) is 18.5. The van der Waals surface area contributed by atoms with E-state index in [0.717, 1.165) is 39.6 Å². The molecule has 1 N–H and O–H groups in total. The Labute approximate surface area is 156 Å². The summed E-state index contributed by atoms with van der Waals surface area (Å²) in [6, 6.07) is 11.9. The SMILES string of the molecule is CCCCOc1ccc2ccccc2c1/C=N/n1c(=S)[nH]nc(C)c1=O. The predicted molar refractivity (Wildman–Crippen MR) is 106 cm³/mol. The third-order valence-corrected chi connectivity index (χ3v) is 4.27. The molecule has 0 saturated heterocycles. The fourth-order valence-electron chi connectivity index (χ4n) is 2.55. The summed E-state index contributed by atoms with van der Waals surface area (Å²) < 4.78 is 7.21. The predicted octanol–water partition coefficient (Wildman–Crippen LogP) is 3.82. The Morgan fingerprint density at radius 2 is 2.12 bits per heavy atom. The highest BCUT2D eigenvalue weighted by molar-refractivity contribution is 7.71. The van der Waals surface area contributed by atoms with E-state index in [-0.39, 0.29) is 10.3 Å². The van der Waals surface area contributed by atoms with Crippen LogP contribution in [0.25, 0.3) is 10.8 Å². The molecule has 0 radical (unpaired) electrons. The minimum Gasteiger partial charge on any atom is -0.493 e. The summed E-state index contributed by atoms with van der Waals surface area (Å²) in [6.07, 6.45) is 3.64. The number of hydrogen-bond donors (Lipinski definition) is 1. The molecule has 1 aromatic heterocycles. The Morgan fingerprint density at radius 3 is 2.92 bits per heavy atom. The molecule has 0 aliphatic rings. The maximum Gasteiger partial charge on any atom is 0.296 e. The van der Waals surface area contributed by atoms with Crippen LogP contribution in [0.4, 0.5) is 0 Å². The van der Waals surface area contributed by atoms with E-state index in [1.54, 1.807) is 13.1 Å². The molecule has 3 aromatic rings. The Balaban J connectivity index is 2.10. The second kappa shape index (κ2) is 8.05. The molecule has 0 aliphatic heterocycles. The third-order valence-electron chi connectivity index (χ3n) is 4.00. The van der Waals surface area contributed by atoms with Gasteiger partial charge in [-0.1, -0.05) is 43.7 Å². The Hall–Kier alpha value is -2.80. The van der Waals surface area contributed by atoms with Crippen molar-refractivity contribution < 1.29 is 4.74 Å². The van der Waals surface area contributed by atoms with Gasteiger partial charge in [0.2, 0.25) is 4.77 Å². The highest BCUT2D eigenvalue weighted by Crippen LogP contribution is 2.27. The van der Waals surface area contributed by atoms with Crippen molar-refractivity contribution in [2.24, 2.45) is 5.10 Å². The Bertz CT molecular complexity index is 1070. The molecule has 0 unspecified atom stereocenters. The average molecular weight is 368 g/mol. The maximum absolute atomic E-state index is 12.2. The van der Waals surface area contributed by atoms with E-state index < -0.39 is 0 Å². The lowest BCUT2D eigenvalue weighted by molar-refractivity contribution is 0.309. The van der Waals surface area contributed by atoms with Crippen molar-refractivity contribution in [3.05, 3.63) is 62.8 Å². The summed E-state index contributed by atoms with van der Waals surface area (Å²) in [6.45, 7) is 4.35. The molecule has 0 saturated carbocycles. The third kappa shape index (κ3) is 3.72. The van der Waals surface area contributed by atoms with Gasteiger partial charge in [-0.2, -0.15) is 14.9 Å². The monoisotopic (exact) mass is 368 g/mol. The normalized spacial score (nSPS) is 11.3. The van der Waals surface area contributed by atoms with E-state index in [1.165, 1.54) is 0 Å². The lowest BCUT2D eigenvalue weighted by atomic mass is 10.0. The van der Waals surface area contributed by atoms with Crippen LogP contribution in [0.15, 0.2) is 46.3 Å². The second-order valence-corrected chi connectivity index (χ2v) is 6.26. The van der Waals surface area contributed by atoms with Crippen molar-refractivity contribution in [2.45, 2.75) is 26.7 Å². The van der Waals surface area contributed by atoms with E-state index in [0.29, 0.717) is 12.3 Å². The number of aromatic amines is 1. The van der Waals surface area contributed by atoms with Crippen LogP contribution in [0, 0.1) is 11.7 Å². The molecule has 2 aromatic carbocycles. The minimum absolute atomic E-state index is 0.144. The van der Waals surface area contributed by atoms with E-state index >= 15 is 0 Å². The van der Waals surface area contributed by atoms with Crippen LogP contribution in [0.5, 0.6) is 5.75 Å². The van der Waals surface area contributed by atoms with E-state index in [4.69, 9.17) is 17.0 Å². The number of fused-ring (bicyclic) bond motifs is 1. The highest BCUT2D eigenvalue weighted by Gasteiger charge is 2.08. The second-order valence-electron chi connectivity index (χ2n) is 5.88.